The van der Waals surface area contributed by atoms with Crippen LogP contribution in [-0.4, -0.2) is 17.6 Å². The first-order valence-corrected chi connectivity index (χ1v) is 9.55. The highest BCUT2D eigenvalue weighted by Crippen LogP contribution is 2.34. The molecule has 1 aromatic heterocycles. The van der Waals surface area contributed by atoms with Crippen molar-refractivity contribution >= 4 is 39.8 Å². The molecular formula is C19H15ClFN3O2S. The number of rotatable bonds is 3. The van der Waals surface area contributed by atoms with Crippen molar-refractivity contribution in [2.24, 2.45) is 0 Å². The molecule has 2 amide bonds. The number of amides is 2. The molecule has 0 saturated carbocycles. The van der Waals surface area contributed by atoms with Gasteiger partial charge in [-0.05, 0) is 42.7 Å². The molecule has 0 fully saturated rings. The summed E-state index contributed by atoms with van der Waals surface area (Å²) in [5.74, 6) is -0.0101. The second-order valence-electron chi connectivity index (χ2n) is 5.97. The number of aromatic nitrogens is 1. The Hall–Kier alpha value is -2.64. The summed E-state index contributed by atoms with van der Waals surface area (Å²) < 4.78 is 18.8. The van der Waals surface area contributed by atoms with Crippen molar-refractivity contribution in [3.8, 4) is 10.8 Å². The fourth-order valence-electron chi connectivity index (χ4n) is 2.96. The van der Waals surface area contributed by atoms with E-state index in [0.717, 1.165) is 24.1 Å². The molecule has 27 heavy (non-hydrogen) atoms. The summed E-state index contributed by atoms with van der Waals surface area (Å²) in [5, 5.41) is 4.32. The number of hydrogen-bond donors (Lipinski definition) is 1. The van der Waals surface area contributed by atoms with E-state index in [2.05, 4.69) is 10.3 Å². The van der Waals surface area contributed by atoms with E-state index >= 15 is 0 Å². The summed E-state index contributed by atoms with van der Waals surface area (Å²) in [6.45, 7) is 0.608. The molecule has 0 unspecified atom stereocenters. The first-order valence-electron chi connectivity index (χ1n) is 8.35. The van der Waals surface area contributed by atoms with Gasteiger partial charge in [0, 0.05) is 17.6 Å². The average molecular weight is 404 g/mol. The van der Waals surface area contributed by atoms with Gasteiger partial charge in [0.05, 0.1) is 11.9 Å². The molecule has 2 heterocycles. The number of carbonyl (C=O) groups is 1. The molecule has 0 atom stereocenters. The Morgan fingerprint density at radius 1 is 1.30 bits per heavy atom. The summed E-state index contributed by atoms with van der Waals surface area (Å²) in [7, 11) is 0. The number of halogens is 2. The summed E-state index contributed by atoms with van der Waals surface area (Å²) in [5.41, 5.74) is 1.80. The molecule has 4 rings (SSSR count). The minimum Gasteiger partial charge on any atom is -0.445 e. The number of nitrogens with one attached hydrogen (secondary N) is 1. The van der Waals surface area contributed by atoms with Crippen LogP contribution in [0.25, 0.3) is 0 Å². The Morgan fingerprint density at radius 3 is 3.00 bits per heavy atom. The predicted molar refractivity (Wildman–Crippen MR) is 105 cm³/mol. The molecule has 0 aliphatic carbocycles. The second-order valence-corrected chi connectivity index (χ2v) is 7.37. The van der Waals surface area contributed by atoms with Crippen molar-refractivity contribution in [1.29, 1.82) is 0 Å². The van der Waals surface area contributed by atoms with Crippen LogP contribution in [0.1, 0.15) is 12.0 Å². The summed E-state index contributed by atoms with van der Waals surface area (Å²) >= 11 is 7.42. The third kappa shape index (κ3) is 3.89. The molecule has 2 aromatic carbocycles. The maximum Gasteiger partial charge on any atom is 0.328 e. The van der Waals surface area contributed by atoms with Gasteiger partial charge in [0.15, 0.2) is 5.13 Å². The number of anilines is 2. The number of fused-ring (bicyclic) bond motifs is 1. The van der Waals surface area contributed by atoms with Crippen molar-refractivity contribution in [2.75, 3.05) is 16.8 Å². The van der Waals surface area contributed by atoms with Gasteiger partial charge in [0.2, 0.25) is 5.06 Å². The lowest BCUT2D eigenvalue weighted by Gasteiger charge is -2.29. The first-order chi connectivity index (χ1) is 13.1. The van der Waals surface area contributed by atoms with E-state index in [-0.39, 0.29) is 11.8 Å². The Bertz CT molecular complexity index is 995. The maximum atomic E-state index is 13.2. The number of nitrogens with zero attached hydrogens (tertiary/aromatic N) is 2. The standard InChI is InChI=1S/C19H15ClFN3O2S/c20-15-7-2-8-16-14(15)6-3-9-24(16)19(25)23-18-22-11-17(27-18)26-13-5-1-4-12(21)10-13/h1-2,4-5,7-8,10-11H,3,6,9H2,(H,22,23,25). The molecule has 8 heteroatoms. The lowest BCUT2D eigenvalue weighted by atomic mass is 10.0. The largest absolute Gasteiger partial charge is 0.445 e. The van der Waals surface area contributed by atoms with Crippen LogP contribution in [0.3, 0.4) is 0 Å². The molecule has 3 aromatic rings. The van der Waals surface area contributed by atoms with E-state index in [1.807, 2.05) is 18.2 Å². The molecule has 1 aliphatic heterocycles. The van der Waals surface area contributed by atoms with E-state index < -0.39 is 0 Å². The Morgan fingerprint density at radius 2 is 2.15 bits per heavy atom. The van der Waals surface area contributed by atoms with E-state index in [9.17, 15) is 9.18 Å². The summed E-state index contributed by atoms with van der Waals surface area (Å²) in [6, 6.07) is 11.1. The summed E-state index contributed by atoms with van der Waals surface area (Å²) in [6.07, 6.45) is 3.18. The van der Waals surface area contributed by atoms with Crippen LogP contribution in [0, 0.1) is 5.82 Å². The smallest absolute Gasteiger partial charge is 0.328 e. The lowest BCUT2D eigenvalue weighted by molar-refractivity contribution is 0.256. The molecule has 0 bridgehead atoms. The van der Waals surface area contributed by atoms with Gasteiger partial charge in [0.1, 0.15) is 11.6 Å². The van der Waals surface area contributed by atoms with Crippen molar-refractivity contribution in [3.05, 3.63) is 65.1 Å². The van der Waals surface area contributed by atoms with Crippen LogP contribution in [0.5, 0.6) is 10.8 Å². The van der Waals surface area contributed by atoms with Gasteiger partial charge in [-0.25, -0.2) is 14.2 Å². The van der Waals surface area contributed by atoms with Crippen LogP contribution in [0.4, 0.5) is 20.0 Å². The van der Waals surface area contributed by atoms with Gasteiger partial charge >= 0.3 is 6.03 Å². The zero-order valence-electron chi connectivity index (χ0n) is 14.1. The summed E-state index contributed by atoms with van der Waals surface area (Å²) in [4.78, 5) is 18.5. The minimum atomic E-state index is -0.382. The van der Waals surface area contributed by atoms with Crippen molar-refractivity contribution in [1.82, 2.24) is 4.98 Å². The van der Waals surface area contributed by atoms with Crippen molar-refractivity contribution in [2.45, 2.75) is 12.8 Å². The van der Waals surface area contributed by atoms with Gasteiger partial charge in [0.25, 0.3) is 0 Å². The fourth-order valence-corrected chi connectivity index (χ4v) is 3.90. The van der Waals surface area contributed by atoms with E-state index in [1.54, 1.807) is 17.0 Å². The van der Waals surface area contributed by atoms with Gasteiger partial charge in [-0.2, -0.15) is 0 Å². The van der Waals surface area contributed by atoms with Crippen LogP contribution >= 0.6 is 22.9 Å². The Kier molecular flexibility index (Phi) is 4.96. The van der Waals surface area contributed by atoms with Gasteiger partial charge in [-0.3, -0.25) is 10.2 Å². The molecule has 138 valence electrons. The lowest BCUT2D eigenvalue weighted by Crippen LogP contribution is -2.38. The number of benzene rings is 2. The highest BCUT2D eigenvalue weighted by atomic mass is 35.5. The topological polar surface area (TPSA) is 54.5 Å². The number of urea groups is 1. The third-order valence-corrected chi connectivity index (χ3v) is 5.30. The van der Waals surface area contributed by atoms with Gasteiger partial charge < -0.3 is 4.74 Å². The predicted octanol–water partition coefficient (Wildman–Crippen LogP) is 5.71. The Balaban J connectivity index is 1.47. The monoisotopic (exact) mass is 403 g/mol. The third-order valence-electron chi connectivity index (χ3n) is 4.15. The highest BCUT2D eigenvalue weighted by Gasteiger charge is 2.24. The second kappa shape index (κ2) is 7.54. The SMILES string of the molecule is O=C(Nc1ncc(Oc2cccc(F)c2)s1)N1CCCc2c(Cl)cccc21. The zero-order valence-corrected chi connectivity index (χ0v) is 15.7. The normalized spacial score (nSPS) is 13.2. The molecule has 0 radical (unpaired) electrons. The van der Waals surface area contributed by atoms with Crippen molar-refractivity contribution < 1.29 is 13.9 Å². The zero-order chi connectivity index (χ0) is 18.8. The molecule has 1 aliphatic rings. The molecule has 1 N–H and O–H groups in total. The van der Waals surface area contributed by atoms with Crippen molar-refractivity contribution in [3.63, 3.8) is 0 Å². The quantitative estimate of drug-likeness (QED) is 0.609. The number of thiazole rings is 1. The van der Waals surface area contributed by atoms with E-state index in [0.29, 0.717) is 27.5 Å². The number of ether oxygens (including phenoxy) is 1. The van der Waals surface area contributed by atoms with Crippen LogP contribution < -0.4 is 15.0 Å². The highest BCUT2D eigenvalue weighted by molar-refractivity contribution is 7.17. The molecule has 5 nitrogen and oxygen atoms in total. The average Bonchev–Trinajstić information content (AvgIpc) is 3.08. The van der Waals surface area contributed by atoms with Crippen LogP contribution in [-0.2, 0) is 6.42 Å². The minimum absolute atomic E-state index is 0.273. The van der Waals surface area contributed by atoms with Gasteiger partial charge in [-0.1, -0.05) is 35.1 Å². The Labute approximate surface area is 164 Å². The first kappa shape index (κ1) is 17.8. The van der Waals surface area contributed by atoms with Crippen LogP contribution in [0.15, 0.2) is 48.7 Å². The molecule has 0 spiro atoms. The van der Waals surface area contributed by atoms with E-state index in [1.165, 1.54) is 29.7 Å². The van der Waals surface area contributed by atoms with Gasteiger partial charge in [-0.15, -0.1) is 0 Å². The van der Waals surface area contributed by atoms with E-state index in [4.69, 9.17) is 16.3 Å². The number of hydrogen-bond acceptors (Lipinski definition) is 4. The maximum absolute atomic E-state index is 13.2. The van der Waals surface area contributed by atoms with Crippen LogP contribution in [0.2, 0.25) is 5.02 Å². The number of carbonyl (C=O) groups excluding carboxylic acids is 1. The molecular weight excluding hydrogens is 389 g/mol. The fraction of sp³-hybridized carbons (Fsp3) is 0.158. The molecule has 0 saturated heterocycles.